The Hall–Kier alpha value is -2.67. The number of carbonyl (C=O) groups excluding carboxylic acids is 1. The summed E-state index contributed by atoms with van der Waals surface area (Å²) in [4.78, 5) is 16.8. The van der Waals surface area contributed by atoms with Crippen molar-refractivity contribution >= 4 is 23.3 Å². The average molecular weight is 405 g/mol. The van der Waals surface area contributed by atoms with Gasteiger partial charge in [-0.25, -0.2) is 4.98 Å². The van der Waals surface area contributed by atoms with Gasteiger partial charge in [0.05, 0.1) is 5.02 Å². The summed E-state index contributed by atoms with van der Waals surface area (Å²) >= 11 is 6.20. The molecule has 3 aliphatic rings. The maximum atomic E-state index is 13.2. The number of aromatic nitrogens is 1. The zero-order chi connectivity index (χ0) is 19.5. The molecule has 1 N–H and O–H groups in total. The van der Waals surface area contributed by atoms with Crippen LogP contribution >= 0.6 is 11.6 Å². The van der Waals surface area contributed by atoms with Crippen LogP contribution in [0.25, 0.3) is 11.1 Å². The summed E-state index contributed by atoms with van der Waals surface area (Å²) in [6.45, 7) is 0. The molecule has 1 aromatic carbocycles. The zero-order valence-corrected chi connectivity index (χ0v) is 15.2. The summed E-state index contributed by atoms with van der Waals surface area (Å²) < 4.78 is 35.3. The molecule has 1 saturated carbocycles. The molecule has 3 atom stereocenters. The first-order valence-electron chi connectivity index (χ1n) is 8.93. The van der Waals surface area contributed by atoms with Gasteiger partial charge in [0.25, 0.3) is 0 Å². The van der Waals surface area contributed by atoms with Crippen LogP contribution in [0.5, 0.6) is 11.5 Å². The molecular formula is C20H15ClF2N2O3. The van der Waals surface area contributed by atoms with Crippen LogP contribution in [-0.4, -0.2) is 17.2 Å². The minimum atomic E-state index is -3.70. The third kappa shape index (κ3) is 2.99. The van der Waals surface area contributed by atoms with Crippen molar-refractivity contribution in [1.29, 1.82) is 0 Å². The summed E-state index contributed by atoms with van der Waals surface area (Å²) in [6.07, 6.45) is 4.06. The topological polar surface area (TPSA) is 60.5 Å². The van der Waals surface area contributed by atoms with Gasteiger partial charge in [0.15, 0.2) is 11.5 Å². The SMILES string of the molecule is O=C(Nc1ccc(-c2cc3c(cc2Cl)OC(F)(F)O3)cn1)C1CC2C=CC1C2. The second-order valence-corrected chi connectivity index (χ2v) is 7.66. The van der Waals surface area contributed by atoms with Gasteiger partial charge in [-0.2, -0.15) is 0 Å². The number of ether oxygens (including phenoxy) is 2. The Morgan fingerprint density at radius 3 is 2.61 bits per heavy atom. The molecule has 1 aromatic heterocycles. The monoisotopic (exact) mass is 404 g/mol. The largest absolute Gasteiger partial charge is 0.586 e. The van der Waals surface area contributed by atoms with Crippen molar-refractivity contribution in [2.75, 3.05) is 5.32 Å². The zero-order valence-electron chi connectivity index (χ0n) is 14.5. The highest BCUT2D eigenvalue weighted by Gasteiger charge is 2.44. The Labute approximate surface area is 164 Å². The first-order valence-corrected chi connectivity index (χ1v) is 9.31. The lowest BCUT2D eigenvalue weighted by Gasteiger charge is -2.17. The number of halogens is 3. The van der Waals surface area contributed by atoms with Crippen LogP contribution < -0.4 is 14.8 Å². The lowest BCUT2D eigenvalue weighted by Crippen LogP contribution is -2.26. The third-order valence-corrected chi connectivity index (χ3v) is 5.75. The third-order valence-electron chi connectivity index (χ3n) is 5.43. The molecule has 1 amide bonds. The summed E-state index contributed by atoms with van der Waals surface area (Å²) in [5, 5.41) is 3.08. The van der Waals surface area contributed by atoms with Gasteiger partial charge in [0, 0.05) is 29.3 Å². The number of carbonyl (C=O) groups is 1. The molecule has 0 radical (unpaired) electrons. The van der Waals surface area contributed by atoms with Crippen LogP contribution in [-0.2, 0) is 4.79 Å². The van der Waals surface area contributed by atoms with Crippen molar-refractivity contribution in [2.45, 2.75) is 19.1 Å². The number of nitrogens with zero attached hydrogens (tertiary/aromatic N) is 1. The molecule has 144 valence electrons. The van der Waals surface area contributed by atoms with Crippen molar-refractivity contribution in [3.05, 3.63) is 47.6 Å². The highest BCUT2D eigenvalue weighted by molar-refractivity contribution is 6.33. The molecule has 2 bridgehead atoms. The van der Waals surface area contributed by atoms with E-state index in [1.165, 1.54) is 18.3 Å². The highest BCUT2D eigenvalue weighted by Crippen LogP contribution is 2.46. The second-order valence-electron chi connectivity index (χ2n) is 7.25. The normalized spacial score (nSPS) is 25.9. The van der Waals surface area contributed by atoms with Crippen molar-refractivity contribution in [3.8, 4) is 22.6 Å². The number of pyridine rings is 1. The number of amides is 1. The van der Waals surface area contributed by atoms with Gasteiger partial charge >= 0.3 is 6.29 Å². The second kappa shape index (κ2) is 6.17. The molecule has 2 aliphatic carbocycles. The first-order chi connectivity index (χ1) is 13.4. The lowest BCUT2D eigenvalue weighted by molar-refractivity contribution is -0.286. The molecule has 8 heteroatoms. The highest BCUT2D eigenvalue weighted by atomic mass is 35.5. The maximum absolute atomic E-state index is 13.2. The van der Waals surface area contributed by atoms with E-state index in [-0.39, 0.29) is 28.3 Å². The van der Waals surface area contributed by atoms with Gasteiger partial charge in [-0.3, -0.25) is 4.79 Å². The van der Waals surface area contributed by atoms with E-state index < -0.39 is 6.29 Å². The van der Waals surface area contributed by atoms with Crippen LogP contribution in [0.15, 0.2) is 42.6 Å². The van der Waals surface area contributed by atoms with E-state index in [0.717, 1.165) is 12.8 Å². The molecule has 0 saturated heterocycles. The minimum absolute atomic E-state index is 0.0125. The maximum Gasteiger partial charge on any atom is 0.586 e. The van der Waals surface area contributed by atoms with Gasteiger partial charge in [-0.1, -0.05) is 23.8 Å². The number of fused-ring (bicyclic) bond motifs is 3. The Bertz CT molecular complexity index is 994. The number of anilines is 1. The molecular weight excluding hydrogens is 390 g/mol. The number of nitrogens with one attached hydrogen (secondary N) is 1. The van der Waals surface area contributed by atoms with E-state index >= 15 is 0 Å². The van der Waals surface area contributed by atoms with Gasteiger partial charge in [0.2, 0.25) is 5.91 Å². The fourth-order valence-electron chi connectivity index (χ4n) is 4.12. The average Bonchev–Trinajstić information content (AvgIpc) is 3.34. The van der Waals surface area contributed by atoms with E-state index in [4.69, 9.17) is 11.6 Å². The first kappa shape index (κ1) is 17.4. The Balaban J connectivity index is 1.33. The molecule has 2 heterocycles. The Morgan fingerprint density at radius 2 is 1.96 bits per heavy atom. The standard InChI is InChI=1S/C20H15ClF2N2O3/c21-15-8-17-16(27-20(22,23)28-17)7-13(15)12-3-4-18(24-9-12)25-19(26)14-6-10-1-2-11(14)5-10/h1-4,7-11,14H,5-6H2,(H,24,25,26). The van der Waals surface area contributed by atoms with Crippen molar-refractivity contribution in [2.24, 2.45) is 17.8 Å². The Kier molecular flexibility index (Phi) is 3.84. The fourth-order valence-corrected chi connectivity index (χ4v) is 4.38. The van der Waals surface area contributed by atoms with E-state index in [0.29, 0.717) is 28.8 Å². The molecule has 1 fully saturated rings. The number of alkyl halides is 2. The van der Waals surface area contributed by atoms with Crippen LogP contribution in [0.1, 0.15) is 12.8 Å². The summed E-state index contributed by atoms with van der Waals surface area (Å²) in [7, 11) is 0. The van der Waals surface area contributed by atoms with Gasteiger partial charge in [0.1, 0.15) is 5.82 Å². The number of benzene rings is 1. The van der Waals surface area contributed by atoms with Crippen LogP contribution in [0.4, 0.5) is 14.6 Å². The molecule has 3 unspecified atom stereocenters. The number of allylic oxidation sites excluding steroid dienone is 2. The number of rotatable bonds is 3. The predicted molar refractivity (Wildman–Crippen MR) is 98.4 cm³/mol. The van der Waals surface area contributed by atoms with Crippen molar-refractivity contribution < 1.29 is 23.0 Å². The quantitative estimate of drug-likeness (QED) is 0.741. The Morgan fingerprint density at radius 1 is 1.18 bits per heavy atom. The molecule has 5 rings (SSSR count). The van der Waals surface area contributed by atoms with Gasteiger partial charge in [-0.15, -0.1) is 8.78 Å². The number of hydrogen-bond donors (Lipinski definition) is 1. The van der Waals surface area contributed by atoms with Crippen LogP contribution in [0.2, 0.25) is 5.02 Å². The summed E-state index contributed by atoms with van der Waals surface area (Å²) in [5.41, 5.74) is 1.08. The summed E-state index contributed by atoms with van der Waals surface area (Å²) in [5.74, 6) is 1.01. The lowest BCUT2D eigenvalue weighted by atomic mass is 9.93. The van der Waals surface area contributed by atoms with Crippen LogP contribution in [0, 0.1) is 17.8 Å². The smallest absolute Gasteiger partial charge is 0.395 e. The molecule has 2 aromatic rings. The molecule has 5 nitrogen and oxygen atoms in total. The molecule has 28 heavy (non-hydrogen) atoms. The van der Waals surface area contributed by atoms with E-state index in [9.17, 15) is 13.6 Å². The molecule has 0 spiro atoms. The van der Waals surface area contributed by atoms with E-state index in [1.54, 1.807) is 12.1 Å². The molecule has 1 aliphatic heterocycles. The van der Waals surface area contributed by atoms with Crippen LogP contribution in [0.3, 0.4) is 0 Å². The van der Waals surface area contributed by atoms with E-state index in [2.05, 4.69) is 31.9 Å². The van der Waals surface area contributed by atoms with Crippen molar-refractivity contribution in [1.82, 2.24) is 4.98 Å². The fraction of sp³-hybridized carbons (Fsp3) is 0.300. The van der Waals surface area contributed by atoms with Crippen molar-refractivity contribution in [3.63, 3.8) is 0 Å². The summed E-state index contributed by atoms with van der Waals surface area (Å²) in [6, 6.07) is 6.04. The minimum Gasteiger partial charge on any atom is -0.395 e. The predicted octanol–water partition coefficient (Wildman–Crippen LogP) is 4.87. The van der Waals surface area contributed by atoms with Gasteiger partial charge in [-0.05, 0) is 42.9 Å². The number of hydrogen-bond acceptors (Lipinski definition) is 4. The van der Waals surface area contributed by atoms with E-state index in [1.807, 2.05) is 0 Å². The van der Waals surface area contributed by atoms with Gasteiger partial charge < -0.3 is 14.8 Å².